The number of aryl methyl sites for hydroxylation is 4. The highest BCUT2D eigenvalue weighted by atomic mass is 15.3. The minimum Gasteiger partial charge on any atom is -0.311 e. The maximum absolute atomic E-state index is 4.45. The molecule has 0 saturated carbocycles. The van der Waals surface area contributed by atoms with Crippen molar-refractivity contribution in [2.45, 2.75) is 40.3 Å². The Balaban J connectivity index is 1.67. The average molecular weight is 258 g/mol. The van der Waals surface area contributed by atoms with E-state index in [0.717, 1.165) is 37.4 Å². The van der Waals surface area contributed by atoms with E-state index in [1.165, 1.54) is 11.3 Å². The summed E-state index contributed by atoms with van der Waals surface area (Å²) in [4.78, 5) is 4.37. The molecule has 1 N–H and O–H groups in total. The van der Waals surface area contributed by atoms with Gasteiger partial charge in [0, 0.05) is 25.0 Å². The number of nitrogens with zero attached hydrogens (tertiary/aromatic N) is 3. The minimum atomic E-state index is 0.831. The molecule has 0 spiro atoms. The molecular weight excluding hydrogens is 236 g/mol. The number of aromatic nitrogens is 3. The molecule has 0 atom stereocenters. The molecule has 2 aromatic rings. The van der Waals surface area contributed by atoms with Gasteiger partial charge in [-0.1, -0.05) is 6.07 Å². The Bertz CT molecular complexity index is 513. The van der Waals surface area contributed by atoms with Crippen molar-refractivity contribution in [1.82, 2.24) is 20.1 Å². The molecule has 0 radical (unpaired) electrons. The Kier molecular flexibility index (Phi) is 4.68. The molecule has 2 aromatic heterocycles. The summed E-state index contributed by atoms with van der Waals surface area (Å²) in [5.74, 6) is 0. The summed E-state index contributed by atoms with van der Waals surface area (Å²) in [7, 11) is 0. The zero-order valence-electron chi connectivity index (χ0n) is 12.0. The van der Waals surface area contributed by atoms with E-state index in [9.17, 15) is 0 Å². The molecule has 4 heteroatoms. The van der Waals surface area contributed by atoms with E-state index in [4.69, 9.17) is 0 Å². The zero-order valence-corrected chi connectivity index (χ0v) is 12.0. The number of rotatable bonds is 6. The Labute approximate surface area is 114 Å². The fraction of sp³-hybridized carbons (Fsp3) is 0.467. The van der Waals surface area contributed by atoms with E-state index in [2.05, 4.69) is 52.1 Å². The van der Waals surface area contributed by atoms with Crippen LogP contribution in [0, 0.1) is 20.8 Å². The lowest BCUT2D eigenvalue weighted by Crippen LogP contribution is -2.17. The van der Waals surface area contributed by atoms with Crippen LogP contribution in [-0.2, 0) is 13.1 Å². The maximum Gasteiger partial charge on any atom is 0.0596 e. The Morgan fingerprint density at radius 3 is 2.68 bits per heavy atom. The lowest BCUT2D eigenvalue weighted by Gasteiger charge is -2.06. The molecule has 0 unspecified atom stereocenters. The SMILES string of the molecule is Cc1ccc(CNCCCn2nc(C)cc2C)nc1. The van der Waals surface area contributed by atoms with Gasteiger partial charge in [0.05, 0.1) is 11.4 Å². The number of nitrogens with one attached hydrogen (secondary N) is 1. The monoisotopic (exact) mass is 258 g/mol. The summed E-state index contributed by atoms with van der Waals surface area (Å²) in [6, 6.07) is 6.28. The third-order valence-electron chi connectivity index (χ3n) is 3.11. The Morgan fingerprint density at radius 1 is 1.21 bits per heavy atom. The number of hydrogen-bond donors (Lipinski definition) is 1. The topological polar surface area (TPSA) is 42.7 Å². The van der Waals surface area contributed by atoms with Gasteiger partial charge in [-0.15, -0.1) is 0 Å². The lowest BCUT2D eigenvalue weighted by atomic mass is 10.3. The van der Waals surface area contributed by atoms with Crippen molar-refractivity contribution < 1.29 is 0 Å². The van der Waals surface area contributed by atoms with Gasteiger partial charge >= 0.3 is 0 Å². The van der Waals surface area contributed by atoms with Crippen molar-refractivity contribution >= 4 is 0 Å². The van der Waals surface area contributed by atoms with Crippen molar-refractivity contribution in [3.8, 4) is 0 Å². The predicted octanol–water partition coefficient (Wildman–Crippen LogP) is 2.38. The second-order valence-electron chi connectivity index (χ2n) is 5.01. The fourth-order valence-electron chi connectivity index (χ4n) is 2.07. The molecular formula is C15H22N4. The van der Waals surface area contributed by atoms with E-state index < -0.39 is 0 Å². The van der Waals surface area contributed by atoms with Crippen LogP contribution in [0.4, 0.5) is 0 Å². The minimum absolute atomic E-state index is 0.831. The molecule has 102 valence electrons. The molecule has 0 amide bonds. The van der Waals surface area contributed by atoms with Crippen LogP contribution in [0.5, 0.6) is 0 Å². The first-order chi connectivity index (χ1) is 9.15. The summed E-state index contributed by atoms with van der Waals surface area (Å²) in [5.41, 5.74) is 4.62. The van der Waals surface area contributed by atoms with E-state index in [1.54, 1.807) is 0 Å². The third kappa shape index (κ3) is 4.17. The van der Waals surface area contributed by atoms with Crippen molar-refractivity contribution in [1.29, 1.82) is 0 Å². The highest BCUT2D eigenvalue weighted by molar-refractivity contribution is 5.11. The quantitative estimate of drug-likeness (QED) is 0.809. The molecule has 0 aliphatic carbocycles. The summed E-state index contributed by atoms with van der Waals surface area (Å²) < 4.78 is 2.07. The Morgan fingerprint density at radius 2 is 2.05 bits per heavy atom. The summed E-state index contributed by atoms with van der Waals surface area (Å²) in [6.45, 7) is 8.96. The van der Waals surface area contributed by atoms with Crippen molar-refractivity contribution in [3.05, 3.63) is 47.0 Å². The molecule has 2 rings (SSSR count). The van der Waals surface area contributed by atoms with Crippen LogP contribution in [0.15, 0.2) is 24.4 Å². The van der Waals surface area contributed by atoms with E-state index in [-0.39, 0.29) is 0 Å². The highest BCUT2D eigenvalue weighted by Gasteiger charge is 2.00. The van der Waals surface area contributed by atoms with E-state index in [0.29, 0.717) is 0 Å². The summed E-state index contributed by atoms with van der Waals surface area (Å²) in [5, 5.41) is 7.87. The van der Waals surface area contributed by atoms with Gasteiger partial charge in [-0.25, -0.2) is 0 Å². The van der Waals surface area contributed by atoms with Gasteiger partial charge < -0.3 is 5.32 Å². The first kappa shape index (κ1) is 13.7. The van der Waals surface area contributed by atoms with Gasteiger partial charge in [-0.3, -0.25) is 9.67 Å². The summed E-state index contributed by atoms with van der Waals surface area (Å²) in [6.07, 6.45) is 2.99. The van der Waals surface area contributed by atoms with Gasteiger partial charge in [-0.05, 0) is 51.4 Å². The van der Waals surface area contributed by atoms with Crippen LogP contribution in [0.25, 0.3) is 0 Å². The highest BCUT2D eigenvalue weighted by Crippen LogP contribution is 2.02. The van der Waals surface area contributed by atoms with Crippen LogP contribution in [0.3, 0.4) is 0 Å². The largest absolute Gasteiger partial charge is 0.311 e. The molecule has 0 bridgehead atoms. The Hall–Kier alpha value is -1.68. The second-order valence-corrected chi connectivity index (χ2v) is 5.01. The van der Waals surface area contributed by atoms with E-state index in [1.807, 2.05) is 13.1 Å². The smallest absolute Gasteiger partial charge is 0.0596 e. The van der Waals surface area contributed by atoms with Gasteiger partial charge in [0.25, 0.3) is 0 Å². The molecule has 0 aromatic carbocycles. The molecule has 19 heavy (non-hydrogen) atoms. The first-order valence-corrected chi connectivity index (χ1v) is 6.78. The predicted molar refractivity (Wildman–Crippen MR) is 77.0 cm³/mol. The van der Waals surface area contributed by atoms with Crippen molar-refractivity contribution in [3.63, 3.8) is 0 Å². The van der Waals surface area contributed by atoms with Gasteiger partial charge in [-0.2, -0.15) is 5.10 Å². The van der Waals surface area contributed by atoms with Crippen LogP contribution in [-0.4, -0.2) is 21.3 Å². The average Bonchev–Trinajstić information content (AvgIpc) is 2.70. The fourth-order valence-corrected chi connectivity index (χ4v) is 2.07. The first-order valence-electron chi connectivity index (χ1n) is 6.78. The van der Waals surface area contributed by atoms with E-state index >= 15 is 0 Å². The van der Waals surface area contributed by atoms with Crippen molar-refractivity contribution in [2.75, 3.05) is 6.54 Å². The molecule has 0 aliphatic rings. The third-order valence-corrected chi connectivity index (χ3v) is 3.11. The number of pyridine rings is 1. The molecule has 4 nitrogen and oxygen atoms in total. The molecule has 0 aliphatic heterocycles. The van der Waals surface area contributed by atoms with Crippen LogP contribution in [0.1, 0.15) is 29.1 Å². The van der Waals surface area contributed by atoms with Crippen molar-refractivity contribution in [2.24, 2.45) is 0 Å². The van der Waals surface area contributed by atoms with Crippen LogP contribution >= 0.6 is 0 Å². The van der Waals surface area contributed by atoms with Gasteiger partial charge in [0.15, 0.2) is 0 Å². The summed E-state index contributed by atoms with van der Waals surface area (Å²) >= 11 is 0. The van der Waals surface area contributed by atoms with Gasteiger partial charge in [0.2, 0.25) is 0 Å². The maximum atomic E-state index is 4.45. The molecule has 2 heterocycles. The van der Waals surface area contributed by atoms with Crippen LogP contribution in [0.2, 0.25) is 0 Å². The number of hydrogen-bond acceptors (Lipinski definition) is 3. The second kappa shape index (κ2) is 6.48. The molecule has 0 saturated heterocycles. The molecule has 0 fully saturated rings. The van der Waals surface area contributed by atoms with Crippen LogP contribution < -0.4 is 5.32 Å². The zero-order chi connectivity index (χ0) is 13.7. The lowest BCUT2D eigenvalue weighted by molar-refractivity contribution is 0.530. The normalized spacial score (nSPS) is 10.9. The standard InChI is InChI=1S/C15H22N4/c1-12-5-6-15(17-10-12)11-16-7-4-8-19-14(3)9-13(2)18-19/h5-6,9-10,16H,4,7-8,11H2,1-3H3. The van der Waals surface area contributed by atoms with Gasteiger partial charge in [0.1, 0.15) is 0 Å².